The van der Waals surface area contributed by atoms with E-state index < -0.39 is 5.41 Å². The Kier molecular flexibility index (Phi) is 7.54. The van der Waals surface area contributed by atoms with Crippen LogP contribution in [0.15, 0.2) is 10.7 Å². The summed E-state index contributed by atoms with van der Waals surface area (Å²) in [4.78, 5) is 31.3. The van der Waals surface area contributed by atoms with E-state index in [4.69, 9.17) is 25.5 Å². The summed E-state index contributed by atoms with van der Waals surface area (Å²) in [5.41, 5.74) is -0.520. The summed E-state index contributed by atoms with van der Waals surface area (Å²) in [7, 11) is 0. The molecule has 1 N–H and O–H groups in total. The number of oxazole rings is 1. The lowest BCUT2D eigenvalue weighted by Crippen LogP contribution is -2.44. The topological polar surface area (TPSA) is 93.9 Å². The Morgan fingerprint density at radius 1 is 1.24 bits per heavy atom. The first-order valence-electron chi connectivity index (χ1n) is 10.2. The number of halogens is 1. The SMILES string of the molecule is CC(C)(CCl)C(=O)N(Cc1nc(C(=O)NC[C@@H]2CCCO2)co1)C[C@H]1CCCO1. The molecular weight excluding hydrogens is 398 g/mol. The largest absolute Gasteiger partial charge is 0.446 e. The molecular formula is C20H30ClN3O5. The quantitative estimate of drug-likeness (QED) is 0.608. The van der Waals surface area contributed by atoms with E-state index in [0.29, 0.717) is 25.6 Å². The summed E-state index contributed by atoms with van der Waals surface area (Å²) in [5, 5.41) is 2.82. The van der Waals surface area contributed by atoms with Crippen molar-refractivity contribution >= 4 is 23.4 Å². The maximum Gasteiger partial charge on any atom is 0.273 e. The van der Waals surface area contributed by atoms with Crippen molar-refractivity contribution in [1.29, 1.82) is 0 Å². The average Bonchev–Trinajstić information content (AvgIpc) is 3.47. The summed E-state index contributed by atoms with van der Waals surface area (Å²) in [6, 6.07) is 0. The molecule has 0 bridgehead atoms. The molecule has 3 rings (SSSR count). The lowest BCUT2D eigenvalue weighted by atomic mass is 9.94. The van der Waals surface area contributed by atoms with Crippen LogP contribution < -0.4 is 5.32 Å². The first-order chi connectivity index (χ1) is 13.9. The van der Waals surface area contributed by atoms with Gasteiger partial charge in [-0.05, 0) is 39.5 Å². The van der Waals surface area contributed by atoms with Gasteiger partial charge in [0.1, 0.15) is 6.26 Å². The van der Waals surface area contributed by atoms with E-state index in [0.717, 1.165) is 32.3 Å². The van der Waals surface area contributed by atoms with E-state index in [9.17, 15) is 9.59 Å². The molecule has 29 heavy (non-hydrogen) atoms. The number of alkyl halides is 1. The number of amides is 2. The second-order valence-electron chi connectivity index (χ2n) is 8.31. The predicted molar refractivity (Wildman–Crippen MR) is 107 cm³/mol. The minimum atomic E-state index is -0.714. The molecule has 2 aliphatic rings. The summed E-state index contributed by atoms with van der Waals surface area (Å²) in [5.74, 6) is 0.110. The lowest BCUT2D eigenvalue weighted by Gasteiger charge is -2.31. The smallest absolute Gasteiger partial charge is 0.273 e. The summed E-state index contributed by atoms with van der Waals surface area (Å²) >= 11 is 6.01. The van der Waals surface area contributed by atoms with Gasteiger partial charge in [0.15, 0.2) is 5.69 Å². The van der Waals surface area contributed by atoms with Crippen LogP contribution in [0.25, 0.3) is 0 Å². The molecule has 2 amide bonds. The lowest BCUT2D eigenvalue weighted by molar-refractivity contribution is -0.141. The number of nitrogens with zero attached hydrogens (tertiary/aromatic N) is 2. The number of rotatable bonds is 9. The Morgan fingerprint density at radius 2 is 1.93 bits per heavy atom. The van der Waals surface area contributed by atoms with Crippen molar-refractivity contribution in [2.75, 3.05) is 32.2 Å². The van der Waals surface area contributed by atoms with E-state index in [-0.39, 0.29) is 42.1 Å². The van der Waals surface area contributed by atoms with E-state index in [1.165, 1.54) is 6.26 Å². The van der Waals surface area contributed by atoms with Crippen molar-refractivity contribution in [2.45, 2.75) is 58.3 Å². The standard InChI is InChI=1S/C20H30ClN3O5/c1-20(2,13-21)19(26)24(10-15-6-4-8-28-15)11-17-23-16(12-29-17)18(25)22-9-14-5-3-7-27-14/h12,14-15H,3-11,13H2,1-2H3,(H,22,25)/t14-,15+/m0/s1. The number of nitrogens with one attached hydrogen (secondary N) is 1. The first-order valence-corrected chi connectivity index (χ1v) is 10.7. The van der Waals surface area contributed by atoms with Gasteiger partial charge in [0.2, 0.25) is 11.8 Å². The number of aromatic nitrogens is 1. The third-order valence-electron chi connectivity index (χ3n) is 5.27. The van der Waals surface area contributed by atoms with Crippen LogP contribution in [0.3, 0.4) is 0 Å². The van der Waals surface area contributed by atoms with Gasteiger partial charge in [-0.15, -0.1) is 11.6 Å². The summed E-state index contributed by atoms with van der Waals surface area (Å²) < 4.78 is 16.7. The highest BCUT2D eigenvalue weighted by Crippen LogP contribution is 2.24. The second-order valence-corrected chi connectivity index (χ2v) is 8.58. The summed E-state index contributed by atoms with van der Waals surface area (Å²) in [6.45, 7) is 6.13. The minimum Gasteiger partial charge on any atom is -0.446 e. The molecule has 0 aliphatic carbocycles. The zero-order valence-corrected chi connectivity index (χ0v) is 17.9. The number of hydrogen-bond donors (Lipinski definition) is 1. The van der Waals surface area contributed by atoms with Crippen molar-refractivity contribution in [3.05, 3.63) is 17.8 Å². The highest BCUT2D eigenvalue weighted by atomic mass is 35.5. The molecule has 2 aliphatic heterocycles. The molecule has 162 valence electrons. The van der Waals surface area contributed by atoms with E-state index >= 15 is 0 Å². The van der Waals surface area contributed by atoms with Crippen LogP contribution in [-0.2, 0) is 20.8 Å². The van der Waals surface area contributed by atoms with Gasteiger partial charge in [0.25, 0.3) is 5.91 Å². The molecule has 0 spiro atoms. The third-order valence-corrected chi connectivity index (χ3v) is 5.94. The van der Waals surface area contributed by atoms with Crippen LogP contribution in [0.2, 0.25) is 0 Å². The number of carbonyl (C=O) groups is 2. The van der Waals surface area contributed by atoms with Gasteiger partial charge in [-0.25, -0.2) is 4.98 Å². The van der Waals surface area contributed by atoms with Crippen LogP contribution in [0.5, 0.6) is 0 Å². The van der Waals surface area contributed by atoms with E-state index in [1.807, 2.05) is 13.8 Å². The molecule has 8 nitrogen and oxygen atoms in total. The van der Waals surface area contributed by atoms with Crippen molar-refractivity contribution in [3.8, 4) is 0 Å². The molecule has 2 fully saturated rings. The van der Waals surface area contributed by atoms with Gasteiger partial charge in [0, 0.05) is 32.2 Å². The van der Waals surface area contributed by atoms with E-state index in [1.54, 1.807) is 4.90 Å². The molecule has 1 aromatic rings. The molecule has 9 heteroatoms. The molecule has 0 unspecified atom stereocenters. The second kappa shape index (κ2) is 9.91. The molecule has 0 radical (unpaired) electrons. The molecule has 0 aromatic carbocycles. The maximum absolute atomic E-state index is 13.0. The van der Waals surface area contributed by atoms with Crippen molar-refractivity contribution in [1.82, 2.24) is 15.2 Å². The zero-order valence-electron chi connectivity index (χ0n) is 17.1. The molecule has 1 aromatic heterocycles. The zero-order chi connectivity index (χ0) is 20.9. The van der Waals surface area contributed by atoms with Crippen molar-refractivity contribution < 1.29 is 23.5 Å². The number of ether oxygens (including phenoxy) is 2. The predicted octanol–water partition coefficient (Wildman–Crippen LogP) is 2.36. The molecule has 0 saturated carbocycles. The Bertz CT molecular complexity index is 696. The Hall–Kier alpha value is -1.64. The molecule has 2 saturated heterocycles. The normalized spacial score (nSPS) is 22.0. The summed E-state index contributed by atoms with van der Waals surface area (Å²) in [6.07, 6.45) is 5.23. The molecule has 3 heterocycles. The number of carbonyl (C=O) groups excluding carboxylic acids is 2. The Morgan fingerprint density at radius 3 is 2.55 bits per heavy atom. The van der Waals surface area contributed by atoms with Crippen LogP contribution in [-0.4, -0.2) is 66.1 Å². The van der Waals surface area contributed by atoms with Crippen LogP contribution in [0, 0.1) is 5.41 Å². The average molecular weight is 428 g/mol. The van der Waals surface area contributed by atoms with Crippen LogP contribution >= 0.6 is 11.6 Å². The van der Waals surface area contributed by atoms with Gasteiger partial charge in [-0.2, -0.15) is 0 Å². The van der Waals surface area contributed by atoms with Crippen LogP contribution in [0.4, 0.5) is 0 Å². The van der Waals surface area contributed by atoms with Crippen molar-refractivity contribution in [2.24, 2.45) is 5.41 Å². The first kappa shape index (κ1) is 22.1. The highest BCUT2D eigenvalue weighted by molar-refractivity contribution is 6.19. The van der Waals surface area contributed by atoms with Gasteiger partial charge < -0.3 is 24.1 Å². The monoisotopic (exact) mass is 427 g/mol. The fourth-order valence-corrected chi connectivity index (χ4v) is 3.61. The maximum atomic E-state index is 13.0. The fourth-order valence-electron chi connectivity index (χ4n) is 3.49. The molecule has 2 atom stereocenters. The van der Waals surface area contributed by atoms with Gasteiger partial charge in [-0.3, -0.25) is 9.59 Å². The van der Waals surface area contributed by atoms with Crippen molar-refractivity contribution in [3.63, 3.8) is 0 Å². The van der Waals surface area contributed by atoms with Crippen LogP contribution in [0.1, 0.15) is 55.9 Å². The van der Waals surface area contributed by atoms with Gasteiger partial charge >= 0.3 is 0 Å². The highest BCUT2D eigenvalue weighted by Gasteiger charge is 2.34. The minimum absolute atomic E-state index is 0.00535. The van der Waals surface area contributed by atoms with Gasteiger partial charge in [-0.1, -0.05) is 0 Å². The Balaban J connectivity index is 1.62. The fraction of sp³-hybridized carbons (Fsp3) is 0.750. The van der Waals surface area contributed by atoms with Gasteiger partial charge in [0.05, 0.1) is 24.2 Å². The number of hydrogen-bond acceptors (Lipinski definition) is 6. The van der Waals surface area contributed by atoms with E-state index in [2.05, 4.69) is 10.3 Å². The Labute approximate surface area is 176 Å². The third kappa shape index (κ3) is 5.93.